The number of hydrogen-bond acceptors (Lipinski definition) is 5. The molecule has 1 unspecified atom stereocenters. The third-order valence-corrected chi connectivity index (χ3v) is 4.06. The topological polar surface area (TPSA) is 79.7 Å². The van der Waals surface area contributed by atoms with Crippen LogP contribution in [0.25, 0.3) is 5.76 Å². The van der Waals surface area contributed by atoms with E-state index in [-0.39, 0.29) is 16.9 Å². The molecule has 1 amide bonds. The van der Waals surface area contributed by atoms with Gasteiger partial charge in [-0.15, -0.1) is 0 Å². The van der Waals surface area contributed by atoms with Crippen molar-refractivity contribution < 1.29 is 23.8 Å². The predicted molar refractivity (Wildman–Crippen MR) is 87.3 cm³/mol. The summed E-state index contributed by atoms with van der Waals surface area (Å²) in [5.74, 6) is -2.56. The number of pyridine rings is 1. The van der Waals surface area contributed by atoms with Gasteiger partial charge in [0.2, 0.25) is 0 Å². The van der Waals surface area contributed by atoms with Crippen molar-refractivity contribution in [2.75, 3.05) is 14.2 Å². The second-order valence-electron chi connectivity index (χ2n) is 5.51. The van der Waals surface area contributed by atoms with E-state index in [2.05, 4.69) is 4.98 Å². The number of aliphatic hydroxyl groups excluding tert-OH is 1. The zero-order valence-corrected chi connectivity index (χ0v) is 13.6. The molecular weight excluding hydrogens is 327 g/mol. The van der Waals surface area contributed by atoms with E-state index in [9.17, 15) is 19.1 Å². The molecule has 0 spiro atoms. The molecule has 1 aromatic carbocycles. The molecule has 2 heterocycles. The highest BCUT2D eigenvalue weighted by atomic mass is 19.1. The molecule has 1 aliphatic heterocycles. The van der Waals surface area contributed by atoms with E-state index in [1.165, 1.54) is 37.4 Å². The largest absolute Gasteiger partial charge is 0.507 e. The van der Waals surface area contributed by atoms with Gasteiger partial charge in [0, 0.05) is 13.2 Å². The molecule has 1 saturated heterocycles. The third kappa shape index (κ3) is 2.73. The molecule has 6 nitrogen and oxygen atoms in total. The zero-order chi connectivity index (χ0) is 18.1. The van der Waals surface area contributed by atoms with Crippen molar-refractivity contribution in [3.63, 3.8) is 0 Å². The first-order valence-electron chi connectivity index (χ1n) is 7.45. The number of methoxy groups -OCH3 is 1. The van der Waals surface area contributed by atoms with Crippen LogP contribution in [0.3, 0.4) is 0 Å². The van der Waals surface area contributed by atoms with E-state index in [1.807, 2.05) is 0 Å². The average Bonchev–Trinajstić information content (AvgIpc) is 2.86. The minimum Gasteiger partial charge on any atom is -0.507 e. The summed E-state index contributed by atoms with van der Waals surface area (Å²) in [4.78, 5) is 29.9. The quantitative estimate of drug-likeness (QED) is 0.526. The maximum atomic E-state index is 13.6. The second-order valence-corrected chi connectivity index (χ2v) is 5.51. The monoisotopic (exact) mass is 342 g/mol. The minimum absolute atomic E-state index is 0.00474. The average molecular weight is 342 g/mol. The number of likely N-dealkylation sites (N-methyl/N-ethyl adjacent to an activating group) is 1. The summed E-state index contributed by atoms with van der Waals surface area (Å²) in [6.45, 7) is 0. The fraction of sp³-hybridized carbons (Fsp3) is 0.167. The fourth-order valence-electron chi connectivity index (χ4n) is 2.84. The Morgan fingerprint density at radius 1 is 1.28 bits per heavy atom. The van der Waals surface area contributed by atoms with Crippen molar-refractivity contribution in [2.45, 2.75) is 6.04 Å². The molecule has 1 aliphatic rings. The van der Waals surface area contributed by atoms with Crippen LogP contribution in [0.15, 0.2) is 48.2 Å². The third-order valence-electron chi connectivity index (χ3n) is 4.06. The molecule has 1 N–H and O–H groups in total. The van der Waals surface area contributed by atoms with Crippen molar-refractivity contribution in [1.29, 1.82) is 0 Å². The van der Waals surface area contributed by atoms with Gasteiger partial charge in [0.15, 0.2) is 0 Å². The van der Waals surface area contributed by atoms with E-state index in [1.54, 1.807) is 18.2 Å². The number of nitrogens with zero attached hydrogens (tertiary/aromatic N) is 2. The lowest BCUT2D eigenvalue weighted by molar-refractivity contribution is -0.139. The number of likely N-dealkylation sites (tertiary alicyclic amines) is 1. The van der Waals surface area contributed by atoms with E-state index in [4.69, 9.17) is 4.74 Å². The molecule has 0 radical (unpaired) electrons. The number of aliphatic hydroxyl groups is 1. The number of halogens is 1. The van der Waals surface area contributed by atoms with Gasteiger partial charge < -0.3 is 14.7 Å². The molecule has 7 heteroatoms. The first-order valence-corrected chi connectivity index (χ1v) is 7.45. The summed E-state index contributed by atoms with van der Waals surface area (Å²) in [6, 6.07) is 7.73. The van der Waals surface area contributed by atoms with Crippen LogP contribution < -0.4 is 4.74 Å². The number of ketones is 1. The van der Waals surface area contributed by atoms with Crippen LogP contribution in [-0.2, 0) is 9.59 Å². The molecule has 0 saturated carbocycles. The lowest BCUT2D eigenvalue weighted by Crippen LogP contribution is -2.25. The minimum atomic E-state index is -0.867. The molecule has 0 bridgehead atoms. The number of hydrogen-bond donors (Lipinski definition) is 1. The van der Waals surface area contributed by atoms with E-state index in [0.717, 1.165) is 6.07 Å². The Labute approximate surface area is 143 Å². The van der Waals surface area contributed by atoms with E-state index < -0.39 is 29.3 Å². The van der Waals surface area contributed by atoms with Crippen molar-refractivity contribution >= 4 is 17.4 Å². The molecule has 1 atom stereocenters. The van der Waals surface area contributed by atoms with Gasteiger partial charge in [-0.25, -0.2) is 4.39 Å². The van der Waals surface area contributed by atoms with Crippen LogP contribution in [0.2, 0.25) is 0 Å². The zero-order valence-electron chi connectivity index (χ0n) is 13.6. The van der Waals surface area contributed by atoms with Crippen LogP contribution in [-0.4, -0.2) is 40.8 Å². The van der Waals surface area contributed by atoms with Crippen molar-refractivity contribution in [1.82, 2.24) is 9.88 Å². The van der Waals surface area contributed by atoms with Gasteiger partial charge in [-0.1, -0.05) is 6.07 Å². The first kappa shape index (κ1) is 16.6. The SMILES string of the molecule is COc1ccc(F)cc1/C(O)=C1\C(=O)C(=O)N(C)C1c1ccccn1. The number of carbonyl (C=O) groups excluding carboxylic acids is 2. The van der Waals surface area contributed by atoms with Crippen LogP contribution in [0.4, 0.5) is 4.39 Å². The van der Waals surface area contributed by atoms with Crippen LogP contribution in [0.1, 0.15) is 17.3 Å². The van der Waals surface area contributed by atoms with Gasteiger partial charge in [-0.2, -0.15) is 0 Å². The maximum Gasteiger partial charge on any atom is 0.295 e. The summed E-state index contributed by atoms with van der Waals surface area (Å²) in [6.07, 6.45) is 1.52. The highest BCUT2D eigenvalue weighted by Gasteiger charge is 2.45. The summed E-state index contributed by atoms with van der Waals surface area (Å²) in [5.41, 5.74) is 0.256. The summed E-state index contributed by atoms with van der Waals surface area (Å²) >= 11 is 0. The molecule has 1 aromatic heterocycles. The smallest absolute Gasteiger partial charge is 0.295 e. The van der Waals surface area contributed by atoms with E-state index >= 15 is 0 Å². The molecule has 3 rings (SSSR count). The van der Waals surface area contributed by atoms with Crippen LogP contribution in [0.5, 0.6) is 5.75 Å². The Kier molecular flexibility index (Phi) is 4.22. The van der Waals surface area contributed by atoms with Crippen molar-refractivity contribution in [3.8, 4) is 5.75 Å². The predicted octanol–water partition coefficient (Wildman–Crippen LogP) is 2.28. The number of benzene rings is 1. The standard InChI is InChI=1S/C18H15FN2O4/c1-21-15(12-5-3-4-8-20-12)14(17(23)18(21)24)16(22)11-9-10(19)6-7-13(11)25-2/h3-9,15,22H,1-2H3/b16-14+. The molecule has 1 fully saturated rings. The van der Waals surface area contributed by atoms with E-state index in [0.29, 0.717) is 5.69 Å². The Morgan fingerprint density at radius 3 is 2.68 bits per heavy atom. The summed E-state index contributed by atoms with van der Waals surface area (Å²) in [5, 5.41) is 10.7. The second kappa shape index (κ2) is 6.35. The lowest BCUT2D eigenvalue weighted by atomic mass is 9.98. The van der Waals surface area contributed by atoms with Crippen LogP contribution >= 0.6 is 0 Å². The summed E-state index contributed by atoms with van der Waals surface area (Å²) in [7, 11) is 2.81. The highest BCUT2D eigenvalue weighted by Crippen LogP contribution is 2.39. The normalized spacial score (nSPS) is 19.3. The number of Topliss-reactive ketones (excluding diaryl/α,β-unsaturated/α-hetero) is 1. The number of carbonyl (C=O) groups is 2. The fourth-order valence-corrected chi connectivity index (χ4v) is 2.84. The van der Waals surface area contributed by atoms with Gasteiger partial charge >= 0.3 is 0 Å². The van der Waals surface area contributed by atoms with Crippen molar-refractivity contribution in [3.05, 3.63) is 65.2 Å². The van der Waals surface area contributed by atoms with Gasteiger partial charge in [0.25, 0.3) is 11.7 Å². The van der Waals surface area contributed by atoms with Gasteiger partial charge in [-0.05, 0) is 30.3 Å². The van der Waals surface area contributed by atoms with Crippen LogP contribution in [0, 0.1) is 5.82 Å². The number of aromatic nitrogens is 1. The lowest BCUT2D eigenvalue weighted by Gasteiger charge is -2.20. The maximum absolute atomic E-state index is 13.6. The molecular formula is C18H15FN2O4. The Balaban J connectivity index is 2.24. The van der Waals surface area contributed by atoms with Crippen molar-refractivity contribution in [2.24, 2.45) is 0 Å². The molecule has 2 aromatic rings. The highest BCUT2D eigenvalue weighted by molar-refractivity contribution is 6.46. The number of rotatable bonds is 3. The Hall–Kier alpha value is -3.22. The number of ether oxygens (including phenoxy) is 1. The molecule has 0 aliphatic carbocycles. The first-order chi connectivity index (χ1) is 12.0. The Bertz CT molecular complexity index is 880. The summed E-state index contributed by atoms with van der Waals surface area (Å²) < 4.78 is 18.8. The van der Waals surface area contributed by atoms with Gasteiger partial charge in [0.1, 0.15) is 23.4 Å². The van der Waals surface area contributed by atoms with Gasteiger partial charge in [-0.3, -0.25) is 14.6 Å². The molecule has 25 heavy (non-hydrogen) atoms. The number of amides is 1. The molecule has 128 valence electrons. The Morgan fingerprint density at radius 2 is 2.04 bits per heavy atom. The van der Waals surface area contributed by atoms with Gasteiger partial charge in [0.05, 0.1) is 23.9 Å².